The molecule has 0 fully saturated rings. The molecule has 0 radical (unpaired) electrons. The Bertz CT molecular complexity index is 421. The summed E-state index contributed by atoms with van der Waals surface area (Å²) in [6.07, 6.45) is 0. The molecular weight excluding hydrogens is 182 g/mol. The van der Waals surface area contributed by atoms with Crippen molar-refractivity contribution in [3.05, 3.63) is 38.9 Å². The van der Waals surface area contributed by atoms with Gasteiger partial charge in [0.15, 0.2) is 0 Å². The van der Waals surface area contributed by atoms with Gasteiger partial charge in [-0.1, -0.05) is 0 Å². The molecule has 72 valence electrons. The van der Waals surface area contributed by atoms with Crippen LogP contribution in [0.4, 0.5) is 5.69 Å². The number of benzene rings is 1. The van der Waals surface area contributed by atoms with Gasteiger partial charge >= 0.3 is 0 Å². The molecule has 5 heteroatoms. The second-order valence-electron chi connectivity index (χ2n) is 2.87. The molecule has 0 unspecified atom stereocenters. The van der Waals surface area contributed by atoms with Crippen molar-refractivity contribution in [3.63, 3.8) is 0 Å². The third kappa shape index (κ3) is 1.70. The Morgan fingerprint density at radius 1 is 1.64 bits per heavy atom. The van der Waals surface area contributed by atoms with E-state index in [9.17, 15) is 10.1 Å². The van der Waals surface area contributed by atoms with Gasteiger partial charge < -0.3 is 5.73 Å². The van der Waals surface area contributed by atoms with Crippen molar-refractivity contribution >= 4 is 5.69 Å². The summed E-state index contributed by atoms with van der Waals surface area (Å²) in [6, 6.07) is 4.63. The van der Waals surface area contributed by atoms with Crippen LogP contribution in [0.25, 0.3) is 0 Å². The molecule has 0 saturated heterocycles. The fourth-order valence-corrected chi connectivity index (χ4v) is 1.20. The van der Waals surface area contributed by atoms with E-state index < -0.39 is 4.92 Å². The lowest BCUT2D eigenvalue weighted by Crippen LogP contribution is -2.02. The lowest BCUT2D eigenvalue weighted by molar-refractivity contribution is -0.385. The number of nitro benzene ring substituents is 1. The van der Waals surface area contributed by atoms with Gasteiger partial charge in [0.1, 0.15) is 11.6 Å². The van der Waals surface area contributed by atoms with Crippen LogP contribution in [-0.2, 0) is 6.54 Å². The Balaban J connectivity index is 3.42. The first-order valence-electron chi connectivity index (χ1n) is 3.98. The number of nitriles is 1. The fourth-order valence-electron chi connectivity index (χ4n) is 1.20. The standard InChI is InChI=1S/C9H9N3O2/c1-6-2-8(5-11)9(12(13)14)3-7(6)4-10/h2-3H,4,10H2,1H3. The topological polar surface area (TPSA) is 92.9 Å². The molecule has 14 heavy (non-hydrogen) atoms. The third-order valence-corrected chi connectivity index (χ3v) is 1.99. The van der Waals surface area contributed by atoms with Gasteiger partial charge in [-0.05, 0) is 24.1 Å². The molecule has 1 aromatic carbocycles. The van der Waals surface area contributed by atoms with Gasteiger partial charge in [-0.2, -0.15) is 5.26 Å². The monoisotopic (exact) mass is 191 g/mol. The first kappa shape index (κ1) is 10.2. The summed E-state index contributed by atoms with van der Waals surface area (Å²) in [5, 5.41) is 19.2. The van der Waals surface area contributed by atoms with E-state index >= 15 is 0 Å². The second kappa shape index (κ2) is 3.85. The second-order valence-corrected chi connectivity index (χ2v) is 2.87. The number of hydrogen-bond acceptors (Lipinski definition) is 4. The SMILES string of the molecule is Cc1cc(C#N)c([N+](=O)[O-])cc1CN. The summed E-state index contributed by atoms with van der Waals surface area (Å²) in [7, 11) is 0. The van der Waals surface area contributed by atoms with Crippen molar-refractivity contribution in [3.8, 4) is 6.07 Å². The smallest absolute Gasteiger partial charge is 0.287 e. The van der Waals surface area contributed by atoms with Crippen molar-refractivity contribution in [1.82, 2.24) is 0 Å². The number of aryl methyl sites for hydroxylation is 1. The van der Waals surface area contributed by atoms with Crippen molar-refractivity contribution in [2.24, 2.45) is 5.73 Å². The summed E-state index contributed by atoms with van der Waals surface area (Å²) in [4.78, 5) is 10.0. The molecular formula is C9H9N3O2. The van der Waals surface area contributed by atoms with Gasteiger partial charge in [-0.3, -0.25) is 10.1 Å². The fraction of sp³-hybridized carbons (Fsp3) is 0.222. The van der Waals surface area contributed by atoms with Gasteiger partial charge in [-0.25, -0.2) is 0 Å². The molecule has 0 amide bonds. The Morgan fingerprint density at radius 2 is 2.29 bits per heavy atom. The molecule has 0 aliphatic heterocycles. The van der Waals surface area contributed by atoms with Crippen LogP contribution >= 0.6 is 0 Å². The zero-order valence-electron chi connectivity index (χ0n) is 7.65. The summed E-state index contributed by atoms with van der Waals surface area (Å²) in [5.41, 5.74) is 6.79. The average Bonchev–Trinajstić information content (AvgIpc) is 2.16. The van der Waals surface area contributed by atoms with E-state index in [1.165, 1.54) is 12.1 Å². The summed E-state index contributed by atoms with van der Waals surface area (Å²) in [6.45, 7) is 2.01. The number of hydrogen-bond donors (Lipinski definition) is 1. The minimum atomic E-state index is -0.572. The minimum Gasteiger partial charge on any atom is -0.326 e. The first-order valence-corrected chi connectivity index (χ1v) is 3.98. The third-order valence-electron chi connectivity index (χ3n) is 1.99. The van der Waals surface area contributed by atoms with Crippen LogP contribution in [-0.4, -0.2) is 4.92 Å². The van der Waals surface area contributed by atoms with Crippen LogP contribution in [0.3, 0.4) is 0 Å². The predicted octanol–water partition coefficient (Wildman–Crippen LogP) is 1.23. The Morgan fingerprint density at radius 3 is 2.71 bits per heavy atom. The maximum absolute atomic E-state index is 10.6. The molecule has 0 aliphatic rings. The predicted molar refractivity (Wildman–Crippen MR) is 50.4 cm³/mol. The van der Waals surface area contributed by atoms with Crippen LogP contribution in [0.1, 0.15) is 16.7 Å². The van der Waals surface area contributed by atoms with Crippen molar-refractivity contribution in [2.75, 3.05) is 0 Å². The summed E-state index contributed by atoms with van der Waals surface area (Å²) < 4.78 is 0. The zero-order valence-corrected chi connectivity index (χ0v) is 7.65. The largest absolute Gasteiger partial charge is 0.326 e. The minimum absolute atomic E-state index is 0.0738. The highest BCUT2D eigenvalue weighted by molar-refractivity contribution is 5.53. The summed E-state index contributed by atoms with van der Waals surface area (Å²) >= 11 is 0. The quantitative estimate of drug-likeness (QED) is 0.562. The van der Waals surface area contributed by atoms with E-state index in [0.717, 1.165) is 5.56 Å². The van der Waals surface area contributed by atoms with Gasteiger partial charge in [0.25, 0.3) is 5.69 Å². The maximum Gasteiger partial charge on any atom is 0.287 e. The molecule has 0 bridgehead atoms. The van der Waals surface area contributed by atoms with Crippen LogP contribution < -0.4 is 5.73 Å². The molecule has 1 aromatic rings. The van der Waals surface area contributed by atoms with Crippen LogP contribution in [0.5, 0.6) is 0 Å². The van der Waals surface area contributed by atoms with Crippen LogP contribution in [0.15, 0.2) is 12.1 Å². The zero-order chi connectivity index (χ0) is 10.7. The molecule has 2 N–H and O–H groups in total. The van der Waals surface area contributed by atoms with E-state index in [-0.39, 0.29) is 17.8 Å². The number of rotatable bonds is 2. The lowest BCUT2D eigenvalue weighted by Gasteiger charge is -2.03. The molecule has 0 aromatic heterocycles. The van der Waals surface area contributed by atoms with Gasteiger partial charge in [0.05, 0.1) is 4.92 Å². The van der Waals surface area contributed by atoms with E-state index in [1.807, 2.05) is 0 Å². The number of nitrogens with zero attached hydrogens (tertiary/aromatic N) is 2. The van der Waals surface area contributed by atoms with Gasteiger partial charge in [0.2, 0.25) is 0 Å². The highest BCUT2D eigenvalue weighted by atomic mass is 16.6. The van der Waals surface area contributed by atoms with Crippen molar-refractivity contribution in [1.29, 1.82) is 5.26 Å². The summed E-state index contributed by atoms with van der Waals surface area (Å²) in [5.74, 6) is 0. The molecule has 0 heterocycles. The highest BCUT2D eigenvalue weighted by Crippen LogP contribution is 2.22. The van der Waals surface area contributed by atoms with Crippen LogP contribution in [0, 0.1) is 28.4 Å². The van der Waals surface area contributed by atoms with E-state index in [0.29, 0.717) is 5.56 Å². The molecule has 0 spiro atoms. The highest BCUT2D eigenvalue weighted by Gasteiger charge is 2.15. The Hall–Kier alpha value is -1.93. The molecule has 5 nitrogen and oxygen atoms in total. The van der Waals surface area contributed by atoms with Gasteiger partial charge in [-0.15, -0.1) is 0 Å². The van der Waals surface area contributed by atoms with E-state index in [2.05, 4.69) is 0 Å². The van der Waals surface area contributed by atoms with Crippen molar-refractivity contribution in [2.45, 2.75) is 13.5 Å². The Labute approximate surface area is 80.9 Å². The molecule has 0 saturated carbocycles. The van der Waals surface area contributed by atoms with E-state index in [4.69, 9.17) is 11.0 Å². The molecule has 0 atom stereocenters. The molecule has 1 rings (SSSR count). The number of nitrogens with two attached hydrogens (primary N) is 1. The van der Waals surface area contributed by atoms with E-state index in [1.54, 1.807) is 13.0 Å². The average molecular weight is 191 g/mol. The van der Waals surface area contributed by atoms with Gasteiger partial charge in [0, 0.05) is 12.6 Å². The van der Waals surface area contributed by atoms with Crippen LogP contribution in [0.2, 0.25) is 0 Å². The normalized spacial score (nSPS) is 9.50. The number of nitro groups is 1. The lowest BCUT2D eigenvalue weighted by atomic mass is 10.0. The first-order chi connectivity index (χ1) is 6.60. The maximum atomic E-state index is 10.6. The Kier molecular flexibility index (Phi) is 2.79. The van der Waals surface area contributed by atoms with Crippen molar-refractivity contribution < 1.29 is 4.92 Å². The molecule has 0 aliphatic carbocycles.